The predicted molar refractivity (Wildman–Crippen MR) is 87.4 cm³/mol. The standard InChI is InChI=1S/C17H22N4O3/c1-2-24-14-6-3-13(4-7-14)5-8-16(22)21-10-9-17(23,12-21)15-11-18-20-19-15/h3-4,6-7,11,23H,2,5,8-10,12H2,1H3,(H,18,19,20)/t17-/m0/s1. The maximum atomic E-state index is 12.4. The summed E-state index contributed by atoms with van der Waals surface area (Å²) >= 11 is 0. The van der Waals surface area contributed by atoms with Crippen LogP contribution in [0.1, 0.15) is 31.0 Å². The van der Waals surface area contributed by atoms with Crippen LogP contribution in [-0.2, 0) is 16.8 Å². The Morgan fingerprint density at radius 1 is 1.42 bits per heavy atom. The normalized spacial score (nSPS) is 20.3. The molecule has 7 nitrogen and oxygen atoms in total. The highest BCUT2D eigenvalue weighted by Crippen LogP contribution is 2.30. The number of hydrogen-bond donors (Lipinski definition) is 2. The highest BCUT2D eigenvalue weighted by molar-refractivity contribution is 5.77. The first kappa shape index (κ1) is 16.4. The lowest BCUT2D eigenvalue weighted by molar-refractivity contribution is -0.131. The molecular weight excluding hydrogens is 308 g/mol. The zero-order valence-corrected chi connectivity index (χ0v) is 13.7. The number of rotatable bonds is 6. The van der Waals surface area contributed by atoms with Crippen molar-refractivity contribution >= 4 is 5.91 Å². The summed E-state index contributed by atoms with van der Waals surface area (Å²) in [5, 5.41) is 20.8. The maximum Gasteiger partial charge on any atom is 0.223 e. The van der Waals surface area contributed by atoms with Gasteiger partial charge in [-0.2, -0.15) is 15.4 Å². The first-order valence-electron chi connectivity index (χ1n) is 8.19. The van der Waals surface area contributed by atoms with E-state index < -0.39 is 5.60 Å². The summed E-state index contributed by atoms with van der Waals surface area (Å²) in [4.78, 5) is 14.1. The van der Waals surface area contributed by atoms with E-state index in [-0.39, 0.29) is 12.5 Å². The van der Waals surface area contributed by atoms with Gasteiger partial charge in [0, 0.05) is 19.4 Å². The topological polar surface area (TPSA) is 91.3 Å². The molecule has 0 aliphatic carbocycles. The smallest absolute Gasteiger partial charge is 0.223 e. The SMILES string of the molecule is CCOc1ccc(CCC(=O)N2CC[C@@](O)(c3cn[nH]n3)C2)cc1. The Bertz CT molecular complexity index is 672. The number of aliphatic hydroxyl groups is 1. The second kappa shape index (κ2) is 7.00. The number of aromatic amines is 1. The van der Waals surface area contributed by atoms with Crippen molar-refractivity contribution < 1.29 is 14.6 Å². The third kappa shape index (κ3) is 3.56. The van der Waals surface area contributed by atoms with Gasteiger partial charge >= 0.3 is 0 Å². The highest BCUT2D eigenvalue weighted by atomic mass is 16.5. The summed E-state index contributed by atoms with van der Waals surface area (Å²) in [7, 11) is 0. The molecule has 0 saturated carbocycles. The lowest BCUT2D eigenvalue weighted by Gasteiger charge is -2.21. The molecule has 7 heteroatoms. The molecule has 1 aliphatic heterocycles. The summed E-state index contributed by atoms with van der Waals surface area (Å²) in [5.41, 5.74) is 0.490. The number of amides is 1. The molecule has 0 radical (unpaired) electrons. The Morgan fingerprint density at radius 2 is 2.21 bits per heavy atom. The molecule has 0 bridgehead atoms. The van der Waals surface area contributed by atoms with E-state index in [0.717, 1.165) is 11.3 Å². The molecular formula is C17H22N4O3. The van der Waals surface area contributed by atoms with Crippen LogP contribution in [0.4, 0.5) is 0 Å². The van der Waals surface area contributed by atoms with Crippen molar-refractivity contribution in [3.8, 4) is 5.75 Å². The largest absolute Gasteiger partial charge is 0.494 e. The van der Waals surface area contributed by atoms with Crippen LogP contribution in [0.2, 0.25) is 0 Å². The van der Waals surface area contributed by atoms with Gasteiger partial charge in [-0.1, -0.05) is 12.1 Å². The van der Waals surface area contributed by atoms with Crippen LogP contribution in [0, 0.1) is 0 Å². The van der Waals surface area contributed by atoms with E-state index in [4.69, 9.17) is 4.74 Å². The number of hydrogen-bond acceptors (Lipinski definition) is 5. The van der Waals surface area contributed by atoms with E-state index in [0.29, 0.717) is 38.1 Å². The molecule has 0 unspecified atom stereocenters. The van der Waals surface area contributed by atoms with Gasteiger partial charge in [-0.05, 0) is 31.0 Å². The van der Waals surface area contributed by atoms with Gasteiger partial charge in [0.2, 0.25) is 5.91 Å². The zero-order chi connectivity index (χ0) is 17.0. The second-order valence-corrected chi connectivity index (χ2v) is 6.03. The number of β-amino-alcohol motifs (C(OH)–C–C–N with tert-alkyl or cyclic N) is 1. The summed E-state index contributed by atoms with van der Waals surface area (Å²) in [6, 6.07) is 7.80. The minimum atomic E-state index is -1.10. The van der Waals surface area contributed by atoms with Crippen LogP contribution in [0.25, 0.3) is 0 Å². The van der Waals surface area contributed by atoms with E-state index in [1.165, 1.54) is 6.20 Å². The minimum Gasteiger partial charge on any atom is -0.494 e. The number of nitrogens with one attached hydrogen (secondary N) is 1. The fourth-order valence-corrected chi connectivity index (χ4v) is 2.97. The van der Waals surface area contributed by atoms with E-state index in [1.54, 1.807) is 4.90 Å². The van der Waals surface area contributed by atoms with Crippen molar-refractivity contribution in [2.24, 2.45) is 0 Å². The second-order valence-electron chi connectivity index (χ2n) is 6.03. The number of carbonyl (C=O) groups excluding carboxylic acids is 1. The van der Waals surface area contributed by atoms with Crippen molar-refractivity contribution in [2.45, 2.75) is 31.8 Å². The Kier molecular flexibility index (Phi) is 4.80. The molecule has 2 heterocycles. The molecule has 0 spiro atoms. The van der Waals surface area contributed by atoms with Gasteiger partial charge < -0.3 is 14.7 Å². The summed E-state index contributed by atoms with van der Waals surface area (Å²) in [6.07, 6.45) is 3.08. The van der Waals surface area contributed by atoms with E-state index in [9.17, 15) is 9.90 Å². The van der Waals surface area contributed by atoms with Crippen molar-refractivity contribution in [2.75, 3.05) is 19.7 Å². The summed E-state index contributed by atoms with van der Waals surface area (Å²) in [6.45, 7) is 3.39. The Balaban J connectivity index is 1.52. The number of carbonyl (C=O) groups is 1. The van der Waals surface area contributed by atoms with Crippen LogP contribution in [0.5, 0.6) is 5.75 Å². The Morgan fingerprint density at radius 3 is 2.88 bits per heavy atom. The van der Waals surface area contributed by atoms with Gasteiger partial charge in [0.05, 0.1) is 19.3 Å². The summed E-state index contributed by atoms with van der Waals surface area (Å²) < 4.78 is 5.41. The quantitative estimate of drug-likeness (QED) is 0.832. The molecule has 1 aromatic heterocycles. The number of nitrogens with zero attached hydrogens (tertiary/aromatic N) is 3. The average molecular weight is 330 g/mol. The number of aromatic nitrogens is 3. The van der Waals surface area contributed by atoms with Crippen molar-refractivity contribution in [3.63, 3.8) is 0 Å². The van der Waals surface area contributed by atoms with E-state index >= 15 is 0 Å². The van der Waals surface area contributed by atoms with Crippen LogP contribution in [-0.4, -0.2) is 51.0 Å². The summed E-state index contributed by atoms with van der Waals surface area (Å²) in [5.74, 6) is 0.883. The molecule has 2 aromatic rings. The van der Waals surface area contributed by atoms with Gasteiger partial charge in [0.25, 0.3) is 0 Å². The van der Waals surface area contributed by atoms with Gasteiger partial charge in [-0.3, -0.25) is 4.79 Å². The molecule has 24 heavy (non-hydrogen) atoms. The lowest BCUT2D eigenvalue weighted by atomic mass is 10.00. The van der Waals surface area contributed by atoms with Crippen molar-refractivity contribution in [3.05, 3.63) is 41.7 Å². The third-order valence-corrected chi connectivity index (χ3v) is 4.35. The van der Waals surface area contributed by atoms with E-state index in [1.807, 2.05) is 31.2 Å². The number of aryl methyl sites for hydroxylation is 1. The number of H-pyrrole nitrogens is 1. The monoisotopic (exact) mass is 330 g/mol. The average Bonchev–Trinajstić information content (AvgIpc) is 3.25. The lowest BCUT2D eigenvalue weighted by Crippen LogP contribution is -2.34. The molecule has 2 N–H and O–H groups in total. The fourth-order valence-electron chi connectivity index (χ4n) is 2.97. The molecule has 1 fully saturated rings. The van der Waals surface area contributed by atoms with Gasteiger partial charge in [-0.25, -0.2) is 0 Å². The Labute approximate surface area is 140 Å². The van der Waals surface area contributed by atoms with Crippen LogP contribution in [0.3, 0.4) is 0 Å². The molecule has 1 saturated heterocycles. The molecule has 1 amide bonds. The first-order valence-corrected chi connectivity index (χ1v) is 8.19. The molecule has 1 aromatic carbocycles. The Hall–Kier alpha value is -2.41. The first-order chi connectivity index (χ1) is 11.6. The molecule has 128 valence electrons. The van der Waals surface area contributed by atoms with E-state index in [2.05, 4.69) is 15.4 Å². The van der Waals surface area contributed by atoms with Crippen LogP contribution in [0.15, 0.2) is 30.5 Å². The number of ether oxygens (including phenoxy) is 1. The van der Waals surface area contributed by atoms with Crippen LogP contribution < -0.4 is 4.74 Å². The van der Waals surface area contributed by atoms with Gasteiger partial charge in [-0.15, -0.1) is 0 Å². The van der Waals surface area contributed by atoms with Crippen molar-refractivity contribution in [1.29, 1.82) is 0 Å². The van der Waals surface area contributed by atoms with Gasteiger partial charge in [0.15, 0.2) is 0 Å². The molecule has 3 rings (SSSR count). The number of likely N-dealkylation sites (tertiary alicyclic amines) is 1. The minimum absolute atomic E-state index is 0.0447. The zero-order valence-electron chi connectivity index (χ0n) is 13.7. The third-order valence-electron chi connectivity index (χ3n) is 4.35. The highest BCUT2D eigenvalue weighted by Gasteiger charge is 2.41. The maximum absolute atomic E-state index is 12.4. The van der Waals surface area contributed by atoms with Crippen LogP contribution >= 0.6 is 0 Å². The number of benzene rings is 1. The predicted octanol–water partition coefficient (Wildman–Crippen LogP) is 1.26. The fraction of sp³-hybridized carbons (Fsp3) is 0.471. The molecule has 1 atom stereocenters. The molecule has 1 aliphatic rings. The van der Waals surface area contributed by atoms with Gasteiger partial charge in [0.1, 0.15) is 17.0 Å². The van der Waals surface area contributed by atoms with Crippen molar-refractivity contribution in [1.82, 2.24) is 20.3 Å².